The van der Waals surface area contributed by atoms with Gasteiger partial charge in [-0.1, -0.05) is 30.3 Å². The average molecular weight is 410 g/mol. The molecule has 4 nitrogen and oxygen atoms in total. The molecule has 0 aromatic heterocycles. The number of nitrogens with zero attached hydrogens (tertiary/aromatic N) is 3. The number of benzene rings is 2. The highest BCUT2D eigenvalue weighted by atomic mass is 32.2. The number of carbonyl (C=O) groups excluding carboxylic acids is 1. The van der Waals surface area contributed by atoms with Gasteiger partial charge in [-0.15, -0.1) is 0 Å². The summed E-state index contributed by atoms with van der Waals surface area (Å²) in [4.78, 5) is 18.3. The van der Waals surface area contributed by atoms with Gasteiger partial charge in [0.25, 0.3) is 0 Å². The molecule has 2 aromatic rings. The van der Waals surface area contributed by atoms with Crippen molar-refractivity contribution in [2.75, 3.05) is 44.2 Å². The van der Waals surface area contributed by atoms with E-state index in [4.69, 9.17) is 0 Å². The van der Waals surface area contributed by atoms with Gasteiger partial charge < -0.3 is 9.80 Å². The minimum atomic E-state index is 0.282. The van der Waals surface area contributed by atoms with E-state index in [9.17, 15) is 4.79 Å². The molecule has 29 heavy (non-hydrogen) atoms. The lowest BCUT2D eigenvalue weighted by Crippen LogP contribution is -2.46. The zero-order valence-corrected chi connectivity index (χ0v) is 17.9. The molecular formula is C24H31N3OS. The molecule has 1 amide bonds. The normalized spacial score (nSPS) is 18.1. The summed E-state index contributed by atoms with van der Waals surface area (Å²) < 4.78 is 2.39. The highest BCUT2D eigenvalue weighted by Gasteiger charge is 2.21. The second-order valence-electron chi connectivity index (χ2n) is 7.93. The summed E-state index contributed by atoms with van der Waals surface area (Å²) >= 11 is 1.82. The van der Waals surface area contributed by atoms with Crippen LogP contribution in [-0.2, 0) is 11.2 Å². The highest BCUT2D eigenvalue weighted by Crippen LogP contribution is 2.27. The van der Waals surface area contributed by atoms with Gasteiger partial charge in [0.15, 0.2) is 0 Å². The predicted octanol–water partition coefficient (Wildman–Crippen LogP) is 4.46. The third-order valence-corrected chi connectivity index (χ3v) is 6.96. The second-order valence-corrected chi connectivity index (χ2v) is 9.10. The lowest BCUT2D eigenvalue weighted by Gasteiger charge is -2.34. The molecule has 2 heterocycles. The fourth-order valence-corrected chi connectivity index (χ4v) is 5.00. The quantitative estimate of drug-likeness (QED) is 0.658. The summed E-state index contributed by atoms with van der Waals surface area (Å²) in [5, 5.41) is 0. The van der Waals surface area contributed by atoms with Gasteiger partial charge in [0.1, 0.15) is 0 Å². The van der Waals surface area contributed by atoms with Crippen molar-refractivity contribution in [3.05, 3.63) is 60.2 Å². The second kappa shape index (κ2) is 10.2. The first-order valence-corrected chi connectivity index (χ1v) is 11.6. The van der Waals surface area contributed by atoms with Gasteiger partial charge >= 0.3 is 0 Å². The number of aryl methyl sites for hydroxylation is 1. The molecule has 5 heteroatoms. The minimum Gasteiger partial charge on any atom is -0.372 e. The standard InChI is InChI=1S/C24H31N3OS/c28-24(14-9-21-7-3-1-4-8-21)26-17-19-27(20-18-26)29-23-12-10-22(11-13-23)25-15-5-2-6-16-25/h1,3-4,7-8,10-13H,2,5-6,9,14-20H2. The summed E-state index contributed by atoms with van der Waals surface area (Å²) in [7, 11) is 0. The Kier molecular flexibility index (Phi) is 7.12. The first-order valence-electron chi connectivity index (χ1n) is 10.9. The first-order chi connectivity index (χ1) is 14.3. The molecule has 0 aliphatic carbocycles. The fraction of sp³-hybridized carbons (Fsp3) is 0.458. The monoisotopic (exact) mass is 409 g/mol. The van der Waals surface area contributed by atoms with E-state index in [1.807, 2.05) is 35.0 Å². The van der Waals surface area contributed by atoms with Crippen LogP contribution in [0.3, 0.4) is 0 Å². The molecule has 0 atom stereocenters. The molecule has 4 rings (SSSR count). The van der Waals surface area contributed by atoms with E-state index in [1.165, 1.54) is 48.5 Å². The number of anilines is 1. The minimum absolute atomic E-state index is 0.282. The molecule has 154 valence electrons. The topological polar surface area (TPSA) is 26.8 Å². The van der Waals surface area contributed by atoms with E-state index in [1.54, 1.807) is 0 Å². The lowest BCUT2D eigenvalue weighted by atomic mass is 10.1. The van der Waals surface area contributed by atoms with Crippen LogP contribution in [0.1, 0.15) is 31.2 Å². The van der Waals surface area contributed by atoms with E-state index in [0.29, 0.717) is 6.42 Å². The van der Waals surface area contributed by atoms with Crippen molar-refractivity contribution in [3.8, 4) is 0 Å². The van der Waals surface area contributed by atoms with Crippen molar-refractivity contribution in [2.24, 2.45) is 0 Å². The molecule has 2 fully saturated rings. The van der Waals surface area contributed by atoms with E-state index < -0.39 is 0 Å². The molecule has 2 saturated heterocycles. The number of piperidine rings is 1. The number of amides is 1. The smallest absolute Gasteiger partial charge is 0.222 e. The molecule has 2 aliphatic rings. The Labute approximate surface area is 179 Å². The molecule has 0 saturated carbocycles. The van der Waals surface area contributed by atoms with E-state index in [0.717, 1.165) is 32.6 Å². The van der Waals surface area contributed by atoms with Gasteiger partial charge in [-0.3, -0.25) is 4.79 Å². The van der Waals surface area contributed by atoms with Gasteiger partial charge in [-0.05, 0) is 67.5 Å². The zero-order chi connectivity index (χ0) is 19.9. The summed E-state index contributed by atoms with van der Waals surface area (Å²) in [5.41, 5.74) is 2.59. The molecule has 0 bridgehead atoms. The first kappa shape index (κ1) is 20.3. The van der Waals surface area contributed by atoms with Gasteiger partial charge in [0.2, 0.25) is 5.91 Å². The van der Waals surface area contributed by atoms with E-state index in [2.05, 4.69) is 45.6 Å². The molecule has 0 spiro atoms. The fourth-order valence-electron chi connectivity index (χ4n) is 4.10. The maximum absolute atomic E-state index is 12.5. The van der Waals surface area contributed by atoms with Crippen LogP contribution in [-0.4, -0.2) is 54.4 Å². The van der Waals surface area contributed by atoms with Crippen molar-refractivity contribution in [2.45, 2.75) is 37.0 Å². The van der Waals surface area contributed by atoms with Crippen LogP contribution in [0, 0.1) is 0 Å². The van der Waals surface area contributed by atoms with Gasteiger partial charge in [-0.25, -0.2) is 4.31 Å². The Morgan fingerprint density at radius 2 is 1.48 bits per heavy atom. The molecule has 2 aliphatic heterocycles. The van der Waals surface area contributed by atoms with Gasteiger partial charge in [0.05, 0.1) is 0 Å². The summed E-state index contributed by atoms with van der Waals surface area (Å²) in [5.74, 6) is 0.282. The maximum Gasteiger partial charge on any atom is 0.222 e. The van der Waals surface area contributed by atoms with Crippen LogP contribution in [0.25, 0.3) is 0 Å². The third-order valence-electron chi connectivity index (χ3n) is 5.85. The van der Waals surface area contributed by atoms with E-state index in [-0.39, 0.29) is 5.91 Å². The van der Waals surface area contributed by atoms with Gasteiger partial charge in [-0.2, -0.15) is 0 Å². The number of rotatable bonds is 6. The van der Waals surface area contributed by atoms with Crippen LogP contribution in [0.4, 0.5) is 5.69 Å². The molecular weight excluding hydrogens is 378 g/mol. The highest BCUT2D eigenvalue weighted by molar-refractivity contribution is 7.97. The van der Waals surface area contributed by atoms with Crippen LogP contribution in [0.2, 0.25) is 0 Å². The van der Waals surface area contributed by atoms with Crippen molar-refractivity contribution in [1.82, 2.24) is 9.21 Å². The Morgan fingerprint density at radius 1 is 0.793 bits per heavy atom. The molecule has 2 aromatic carbocycles. The predicted molar refractivity (Wildman–Crippen MR) is 121 cm³/mol. The van der Waals surface area contributed by atoms with Crippen molar-refractivity contribution in [1.29, 1.82) is 0 Å². The van der Waals surface area contributed by atoms with Crippen molar-refractivity contribution in [3.63, 3.8) is 0 Å². The van der Waals surface area contributed by atoms with Crippen LogP contribution in [0.15, 0.2) is 59.5 Å². The number of hydrogen-bond donors (Lipinski definition) is 0. The number of hydrogen-bond acceptors (Lipinski definition) is 4. The van der Waals surface area contributed by atoms with E-state index >= 15 is 0 Å². The third kappa shape index (κ3) is 5.77. The molecule has 0 unspecified atom stereocenters. The number of carbonyl (C=O) groups is 1. The summed E-state index contributed by atoms with van der Waals surface area (Å²) in [6.45, 7) is 5.88. The largest absolute Gasteiger partial charge is 0.372 e. The zero-order valence-electron chi connectivity index (χ0n) is 17.1. The van der Waals surface area contributed by atoms with Crippen LogP contribution in [0.5, 0.6) is 0 Å². The molecule has 0 radical (unpaired) electrons. The molecule has 0 N–H and O–H groups in total. The Hall–Kier alpha value is -1.98. The van der Waals surface area contributed by atoms with Crippen LogP contribution < -0.4 is 4.90 Å². The average Bonchev–Trinajstić information content (AvgIpc) is 2.80. The maximum atomic E-state index is 12.5. The lowest BCUT2D eigenvalue weighted by molar-refractivity contribution is -0.132. The van der Waals surface area contributed by atoms with Crippen LogP contribution >= 0.6 is 11.9 Å². The van der Waals surface area contributed by atoms with Crippen molar-refractivity contribution >= 4 is 23.5 Å². The SMILES string of the molecule is O=C(CCc1ccccc1)N1CCN(Sc2ccc(N3CCCCC3)cc2)CC1. The van der Waals surface area contributed by atoms with Gasteiger partial charge in [0, 0.05) is 56.3 Å². The Bertz CT molecular complexity index is 766. The Balaban J connectivity index is 1.21. The summed E-state index contributed by atoms with van der Waals surface area (Å²) in [6.07, 6.45) is 5.42. The Morgan fingerprint density at radius 3 is 2.17 bits per heavy atom. The summed E-state index contributed by atoms with van der Waals surface area (Å²) in [6, 6.07) is 19.3. The van der Waals surface area contributed by atoms with Crippen molar-refractivity contribution < 1.29 is 4.79 Å². The number of piperazine rings is 1.